The van der Waals surface area contributed by atoms with E-state index in [1.54, 1.807) is 57.2 Å². The Morgan fingerprint density at radius 2 is 1.80 bits per heavy atom. The van der Waals surface area contributed by atoms with Crippen LogP contribution in [0.3, 0.4) is 0 Å². The molecule has 0 aliphatic rings. The van der Waals surface area contributed by atoms with Crippen LogP contribution in [-0.4, -0.2) is 29.4 Å². The molecule has 0 radical (unpaired) electrons. The minimum atomic E-state index is -0.449. The largest absolute Gasteiger partial charge is 0.462 e. The number of furan rings is 1. The van der Waals surface area contributed by atoms with Gasteiger partial charge in [-0.15, -0.1) is 0 Å². The maximum Gasteiger partial charge on any atom is 0.340 e. The van der Waals surface area contributed by atoms with Gasteiger partial charge in [0.2, 0.25) is 0 Å². The van der Waals surface area contributed by atoms with Crippen molar-refractivity contribution in [3.63, 3.8) is 0 Å². The van der Waals surface area contributed by atoms with E-state index in [9.17, 15) is 14.4 Å². The van der Waals surface area contributed by atoms with Crippen molar-refractivity contribution in [2.75, 3.05) is 11.9 Å². The fourth-order valence-corrected chi connectivity index (χ4v) is 3.06. The fourth-order valence-electron chi connectivity index (χ4n) is 3.06. The molecule has 2 amide bonds. The zero-order valence-electron chi connectivity index (χ0n) is 17.0. The van der Waals surface area contributed by atoms with Gasteiger partial charge < -0.3 is 24.8 Å². The van der Waals surface area contributed by atoms with Gasteiger partial charge in [0.15, 0.2) is 5.76 Å². The number of aromatic amines is 1. The number of amides is 2. The summed E-state index contributed by atoms with van der Waals surface area (Å²) in [5.74, 6) is -0.877. The number of benzene rings is 1. The van der Waals surface area contributed by atoms with E-state index < -0.39 is 5.97 Å². The van der Waals surface area contributed by atoms with Crippen molar-refractivity contribution >= 4 is 23.5 Å². The highest BCUT2D eigenvalue weighted by atomic mass is 16.5. The van der Waals surface area contributed by atoms with Gasteiger partial charge in [-0.25, -0.2) is 4.79 Å². The number of rotatable bonds is 7. The Bertz CT molecular complexity index is 1050. The lowest BCUT2D eigenvalue weighted by Crippen LogP contribution is -2.24. The molecular formula is C22H23N3O5. The average molecular weight is 409 g/mol. The molecule has 2 aromatic heterocycles. The highest BCUT2D eigenvalue weighted by Gasteiger charge is 2.22. The van der Waals surface area contributed by atoms with Crippen LogP contribution in [0.5, 0.6) is 0 Å². The number of H-pyrrole nitrogens is 1. The Kier molecular flexibility index (Phi) is 6.36. The zero-order valence-corrected chi connectivity index (χ0v) is 17.0. The van der Waals surface area contributed by atoms with E-state index in [4.69, 9.17) is 9.15 Å². The summed E-state index contributed by atoms with van der Waals surface area (Å²) in [5, 5.41) is 5.56. The topological polar surface area (TPSA) is 113 Å². The molecule has 3 aromatic rings. The first-order valence-corrected chi connectivity index (χ1v) is 9.49. The van der Waals surface area contributed by atoms with Gasteiger partial charge in [-0.3, -0.25) is 9.59 Å². The molecule has 30 heavy (non-hydrogen) atoms. The molecule has 8 heteroatoms. The quantitative estimate of drug-likeness (QED) is 0.516. The number of carbonyl (C=O) groups is 3. The number of hydrogen-bond acceptors (Lipinski definition) is 5. The molecule has 156 valence electrons. The van der Waals surface area contributed by atoms with Crippen LogP contribution in [0, 0.1) is 13.8 Å². The number of nitrogens with one attached hydrogen (secondary N) is 3. The standard InChI is InChI=1S/C22H23N3O5/c1-4-29-22(28)18-13(2)19(24-14(18)3)21(27)23-12-15-7-9-16(10-8-15)25-20(26)17-6-5-11-30-17/h5-11,24H,4,12H2,1-3H3,(H,23,27)(H,25,26). The monoisotopic (exact) mass is 409 g/mol. The zero-order chi connectivity index (χ0) is 21.7. The molecule has 0 fully saturated rings. The molecule has 0 aliphatic carbocycles. The first-order chi connectivity index (χ1) is 14.4. The van der Waals surface area contributed by atoms with Crippen molar-refractivity contribution in [3.8, 4) is 0 Å². The molecule has 0 unspecified atom stereocenters. The van der Waals surface area contributed by atoms with Gasteiger partial charge in [-0.2, -0.15) is 0 Å². The highest BCUT2D eigenvalue weighted by Crippen LogP contribution is 2.19. The molecular weight excluding hydrogens is 386 g/mol. The second-order valence-corrected chi connectivity index (χ2v) is 6.66. The summed E-state index contributed by atoms with van der Waals surface area (Å²) in [7, 11) is 0. The summed E-state index contributed by atoms with van der Waals surface area (Å²) in [5.41, 5.74) is 3.33. The Morgan fingerprint density at radius 1 is 1.07 bits per heavy atom. The van der Waals surface area contributed by atoms with Gasteiger partial charge in [-0.1, -0.05) is 12.1 Å². The third-order valence-corrected chi connectivity index (χ3v) is 4.55. The van der Waals surface area contributed by atoms with Crippen LogP contribution < -0.4 is 10.6 Å². The number of carbonyl (C=O) groups excluding carboxylic acids is 3. The predicted octanol–water partition coefficient (Wildman–Crippen LogP) is 3.58. The summed E-state index contributed by atoms with van der Waals surface area (Å²) in [4.78, 5) is 39.6. The number of hydrogen-bond donors (Lipinski definition) is 3. The molecule has 3 N–H and O–H groups in total. The average Bonchev–Trinajstić information content (AvgIpc) is 3.35. The Hall–Kier alpha value is -3.81. The summed E-state index contributed by atoms with van der Waals surface area (Å²) in [6.45, 7) is 5.73. The van der Waals surface area contributed by atoms with Crippen LogP contribution in [0.2, 0.25) is 0 Å². The first kappa shape index (κ1) is 20.9. The molecule has 0 saturated heterocycles. The van der Waals surface area contributed by atoms with Crippen molar-refractivity contribution in [2.24, 2.45) is 0 Å². The lowest BCUT2D eigenvalue weighted by Gasteiger charge is -2.07. The van der Waals surface area contributed by atoms with Crippen LogP contribution >= 0.6 is 0 Å². The number of aromatic nitrogens is 1. The van der Waals surface area contributed by atoms with E-state index in [0.29, 0.717) is 28.2 Å². The maximum absolute atomic E-state index is 12.6. The molecule has 0 atom stereocenters. The molecule has 1 aromatic carbocycles. The minimum absolute atomic E-state index is 0.227. The molecule has 0 bridgehead atoms. The number of aryl methyl sites for hydroxylation is 1. The lowest BCUT2D eigenvalue weighted by molar-refractivity contribution is 0.0525. The van der Waals surface area contributed by atoms with Crippen LogP contribution in [0.4, 0.5) is 5.69 Å². The summed E-state index contributed by atoms with van der Waals surface area (Å²) < 4.78 is 10.1. The van der Waals surface area contributed by atoms with E-state index in [0.717, 1.165) is 5.56 Å². The Labute approximate surface area is 173 Å². The van der Waals surface area contributed by atoms with E-state index in [-0.39, 0.29) is 30.7 Å². The second-order valence-electron chi connectivity index (χ2n) is 6.66. The van der Waals surface area contributed by atoms with Crippen molar-refractivity contribution in [1.29, 1.82) is 0 Å². The SMILES string of the molecule is CCOC(=O)c1c(C)[nH]c(C(=O)NCc2ccc(NC(=O)c3ccco3)cc2)c1C. The third kappa shape index (κ3) is 4.60. The molecule has 2 heterocycles. The molecule has 3 rings (SSSR count). The van der Waals surface area contributed by atoms with Gasteiger partial charge in [0, 0.05) is 17.9 Å². The number of anilines is 1. The van der Waals surface area contributed by atoms with E-state index >= 15 is 0 Å². The summed E-state index contributed by atoms with van der Waals surface area (Å²) in [6.07, 6.45) is 1.43. The molecule has 8 nitrogen and oxygen atoms in total. The first-order valence-electron chi connectivity index (χ1n) is 9.49. The van der Waals surface area contributed by atoms with Crippen molar-refractivity contribution in [2.45, 2.75) is 27.3 Å². The number of ether oxygens (including phenoxy) is 1. The van der Waals surface area contributed by atoms with Gasteiger partial charge in [-0.05, 0) is 56.2 Å². The normalized spacial score (nSPS) is 10.5. The van der Waals surface area contributed by atoms with Crippen LogP contribution in [0.15, 0.2) is 47.1 Å². The smallest absolute Gasteiger partial charge is 0.340 e. The highest BCUT2D eigenvalue weighted by molar-refractivity contribution is 6.02. The minimum Gasteiger partial charge on any atom is -0.462 e. The number of esters is 1. The van der Waals surface area contributed by atoms with Crippen molar-refractivity contribution in [3.05, 3.63) is 76.5 Å². The van der Waals surface area contributed by atoms with Gasteiger partial charge in [0.05, 0.1) is 18.4 Å². The second kappa shape index (κ2) is 9.13. The summed E-state index contributed by atoms with van der Waals surface area (Å²) >= 11 is 0. The Balaban J connectivity index is 1.60. The van der Waals surface area contributed by atoms with Crippen LogP contribution in [0.1, 0.15) is 55.1 Å². The molecule has 0 aliphatic heterocycles. The lowest BCUT2D eigenvalue weighted by atomic mass is 10.1. The molecule has 0 saturated carbocycles. The maximum atomic E-state index is 12.6. The van der Waals surface area contributed by atoms with Crippen LogP contribution in [-0.2, 0) is 11.3 Å². The van der Waals surface area contributed by atoms with Crippen molar-refractivity contribution < 1.29 is 23.5 Å². The van der Waals surface area contributed by atoms with E-state index in [1.807, 2.05) is 0 Å². The van der Waals surface area contributed by atoms with Gasteiger partial charge in [0.1, 0.15) is 5.69 Å². The summed E-state index contributed by atoms with van der Waals surface area (Å²) in [6, 6.07) is 10.3. The van der Waals surface area contributed by atoms with E-state index in [2.05, 4.69) is 15.6 Å². The fraction of sp³-hybridized carbons (Fsp3) is 0.227. The Morgan fingerprint density at radius 3 is 2.43 bits per heavy atom. The molecule has 0 spiro atoms. The van der Waals surface area contributed by atoms with Gasteiger partial charge in [0.25, 0.3) is 11.8 Å². The third-order valence-electron chi connectivity index (χ3n) is 4.55. The van der Waals surface area contributed by atoms with Crippen LogP contribution in [0.25, 0.3) is 0 Å². The predicted molar refractivity (Wildman–Crippen MR) is 110 cm³/mol. The van der Waals surface area contributed by atoms with Crippen molar-refractivity contribution in [1.82, 2.24) is 10.3 Å². The van der Waals surface area contributed by atoms with Gasteiger partial charge >= 0.3 is 5.97 Å². The van der Waals surface area contributed by atoms with E-state index in [1.165, 1.54) is 6.26 Å².